The maximum absolute atomic E-state index is 11.9. The van der Waals surface area contributed by atoms with Gasteiger partial charge in [0.25, 0.3) is 5.91 Å². The Hall–Kier alpha value is -2.04. The molecule has 0 atom stereocenters. The number of ether oxygens (including phenoxy) is 1. The van der Waals surface area contributed by atoms with Gasteiger partial charge < -0.3 is 4.74 Å². The second kappa shape index (κ2) is 8.71. The topological polar surface area (TPSA) is 50.7 Å². The van der Waals surface area contributed by atoms with Crippen LogP contribution < -0.4 is 10.2 Å². The molecule has 0 unspecified atom stereocenters. The number of halogens is 2. The van der Waals surface area contributed by atoms with Crippen LogP contribution in [0.25, 0.3) is 0 Å². The van der Waals surface area contributed by atoms with E-state index >= 15 is 0 Å². The molecule has 0 spiro atoms. The number of amides is 1. The zero-order valence-corrected chi connectivity index (χ0v) is 14.9. The van der Waals surface area contributed by atoms with Gasteiger partial charge in [0.15, 0.2) is 6.61 Å². The normalized spacial score (nSPS) is 11.5. The second-order valence-electron chi connectivity index (χ2n) is 5.42. The molecule has 0 aromatic heterocycles. The minimum atomic E-state index is -0.366. The van der Waals surface area contributed by atoms with Crippen LogP contribution in [0.4, 0.5) is 0 Å². The van der Waals surface area contributed by atoms with Crippen molar-refractivity contribution < 1.29 is 9.53 Å². The number of hydrogen-bond donors (Lipinski definition) is 1. The smallest absolute Gasteiger partial charge is 0.277 e. The van der Waals surface area contributed by atoms with Crippen LogP contribution in [-0.4, -0.2) is 18.2 Å². The van der Waals surface area contributed by atoms with Crippen LogP contribution in [-0.2, 0) is 4.79 Å². The van der Waals surface area contributed by atoms with Crippen LogP contribution >= 0.6 is 23.2 Å². The van der Waals surface area contributed by atoms with Gasteiger partial charge in [0.2, 0.25) is 0 Å². The number of rotatable bonds is 6. The number of hydrogen-bond acceptors (Lipinski definition) is 3. The van der Waals surface area contributed by atoms with Crippen LogP contribution in [0.1, 0.15) is 19.4 Å². The van der Waals surface area contributed by atoms with Crippen molar-refractivity contribution >= 4 is 34.8 Å². The summed E-state index contributed by atoms with van der Waals surface area (Å²) >= 11 is 11.8. The highest BCUT2D eigenvalue weighted by Crippen LogP contribution is 2.27. The molecule has 0 aliphatic heterocycles. The van der Waals surface area contributed by atoms with Crippen LogP contribution in [0.2, 0.25) is 10.0 Å². The number of hydrazone groups is 1. The van der Waals surface area contributed by atoms with Gasteiger partial charge in [-0.2, -0.15) is 5.10 Å². The average Bonchev–Trinajstić information content (AvgIpc) is 2.55. The average molecular weight is 365 g/mol. The maximum atomic E-state index is 11.9. The van der Waals surface area contributed by atoms with Gasteiger partial charge in [-0.25, -0.2) is 5.43 Å². The molecule has 0 radical (unpaired) electrons. The van der Waals surface area contributed by atoms with E-state index in [2.05, 4.69) is 10.5 Å². The second-order valence-corrected chi connectivity index (χ2v) is 6.26. The monoisotopic (exact) mass is 364 g/mol. The van der Waals surface area contributed by atoms with Crippen molar-refractivity contribution in [2.24, 2.45) is 11.0 Å². The van der Waals surface area contributed by atoms with Crippen LogP contribution in [0.15, 0.2) is 53.6 Å². The van der Waals surface area contributed by atoms with E-state index in [0.29, 0.717) is 15.8 Å². The standard InChI is InChI=1S/C18H18Cl2N2O2/c1-12(2)18(13-6-4-3-5-7-13)22-21-17(23)11-24-16-9-8-14(19)10-15(16)20/h3-10,12H,11H2,1-2H3,(H,21,23)/b22-18-. The van der Waals surface area contributed by atoms with Crippen molar-refractivity contribution in [3.05, 3.63) is 64.1 Å². The first-order chi connectivity index (χ1) is 11.5. The summed E-state index contributed by atoms with van der Waals surface area (Å²) in [6.45, 7) is 3.84. The first-order valence-corrected chi connectivity index (χ1v) is 8.22. The van der Waals surface area contributed by atoms with E-state index in [9.17, 15) is 4.79 Å². The predicted molar refractivity (Wildman–Crippen MR) is 97.9 cm³/mol. The third-order valence-electron chi connectivity index (χ3n) is 3.17. The van der Waals surface area contributed by atoms with Crippen molar-refractivity contribution in [1.29, 1.82) is 0 Å². The Labute approximate surface area is 151 Å². The van der Waals surface area contributed by atoms with Gasteiger partial charge >= 0.3 is 0 Å². The lowest BCUT2D eigenvalue weighted by Gasteiger charge is -2.11. The molecule has 1 N–H and O–H groups in total. The molecule has 1 amide bonds. The van der Waals surface area contributed by atoms with Crippen molar-refractivity contribution in [3.63, 3.8) is 0 Å². The molecule has 0 heterocycles. The Bertz CT molecular complexity index is 731. The highest BCUT2D eigenvalue weighted by molar-refractivity contribution is 6.35. The largest absolute Gasteiger partial charge is 0.482 e. The molecule has 0 aliphatic carbocycles. The summed E-state index contributed by atoms with van der Waals surface area (Å²) in [6.07, 6.45) is 0. The zero-order valence-electron chi connectivity index (χ0n) is 13.4. The first-order valence-electron chi connectivity index (χ1n) is 7.47. The molecule has 24 heavy (non-hydrogen) atoms. The number of nitrogens with one attached hydrogen (secondary N) is 1. The number of carbonyl (C=O) groups excluding carboxylic acids is 1. The highest BCUT2D eigenvalue weighted by atomic mass is 35.5. The van der Waals surface area contributed by atoms with Crippen LogP contribution in [0.3, 0.4) is 0 Å². The van der Waals surface area contributed by atoms with Gasteiger partial charge in [-0.05, 0) is 29.7 Å². The van der Waals surface area contributed by atoms with Gasteiger partial charge in [-0.3, -0.25) is 4.79 Å². The quantitative estimate of drug-likeness (QED) is 0.603. The Morgan fingerprint density at radius 1 is 1.17 bits per heavy atom. The molecule has 0 saturated carbocycles. The van der Waals surface area contributed by atoms with Crippen molar-refractivity contribution in [3.8, 4) is 5.75 Å². The Morgan fingerprint density at radius 2 is 1.88 bits per heavy atom. The SMILES string of the molecule is CC(C)/C(=N/NC(=O)COc1ccc(Cl)cc1Cl)c1ccccc1. The molecule has 0 fully saturated rings. The maximum Gasteiger partial charge on any atom is 0.277 e. The van der Waals surface area contributed by atoms with E-state index < -0.39 is 0 Å². The highest BCUT2D eigenvalue weighted by Gasteiger charge is 2.10. The molecule has 2 aromatic rings. The molecule has 0 bridgehead atoms. The van der Waals surface area contributed by atoms with Gasteiger partial charge in [0.1, 0.15) is 5.75 Å². The van der Waals surface area contributed by atoms with Crippen LogP contribution in [0, 0.1) is 5.92 Å². The first kappa shape index (κ1) is 18.3. The Morgan fingerprint density at radius 3 is 2.50 bits per heavy atom. The third-order valence-corrected chi connectivity index (χ3v) is 3.70. The predicted octanol–water partition coefficient (Wildman–Crippen LogP) is 4.55. The summed E-state index contributed by atoms with van der Waals surface area (Å²) in [5, 5.41) is 5.08. The summed E-state index contributed by atoms with van der Waals surface area (Å²) in [7, 11) is 0. The summed E-state index contributed by atoms with van der Waals surface area (Å²) in [4.78, 5) is 11.9. The molecular formula is C18H18Cl2N2O2. The van der Waals surface area contributed by atoms with E-state index in [-0.39, 0.29) is 18.4 Å². The van der Waals surface area contributed by atoms with Gasteiger partial charge in [-0.15, -0.1) is 0 Å². The van der Waals surface area contributed by atoms with Crippen molar-refractivity contribution in [2.75, 3.05) is 6.61 Å². The van der Waals surface area contributed by atoms with E-state index in [1.807, 2.05) is 44.2 Å². The molecule has 6 heteroatoms. The lowest BCUT2D eigenvalue weighted by molar-refractivity contribution is -0.123. The van der Waals surface area contributed by atoms with Crippen molar-refractivity contribution in [1.82, 2.24) is 5.43 Å². The van der Waals surface area contributed by atoms with Crippen LogP contribution in [0.5, 0.6) is 5.75 Å². The number of benzene rings is 2. The summed E-state index contributed by atoms with van der Waals surface area (Å²) in [5.41, 5.74) is 4.29. The minimum absolute atomic E-state index is 0.166. The third kappa shape index (κ3) is 5.25. The minimum Gasteiger partial charge on any atom is -0.482 e. The van der Waals surface area contributed by atoms with Gasteiger partial charge in [0.05, 0.1) is 10.7 Å². The molecule has 0 aliphatic rings. The Balaban J connectivity index is 1.98. The van der Waals surface area contributed by atoms with Gasteiger partial charge in [-0.1, -0.05) is 67.4 Å². The molecule has 2 rings (SSSR count). The molecular weight excluding hydrogens is 347 g/mol. The Kier molecular flexibility index (Phi) is 6.64. The lowest BCUT2D eigenvalue weighted by Crippen LogP contribution is -2.27. The van der Waals surface area contributed by atoms with Crippen molar-refractivity contribution in [2.45, 2.75) is 13.8 Å². The number of carbonyl (C=O) groups is 1. The molecule has 0 saturated heterocycles. The zero-order chi connectivity index (χ0) is 17.5. The lowest BCUT2D eigenvalue weighted by atomic mass is 10.0. The van der Waals surface area contributed by atoms with E-state index in [1.54, 1.807) is 18.2 Å². The fourth-order valence-electron chi connectivity index (χ4n) is 2.03. The number of nitrogens with zero attached hydrogens (tertiary/aromatic N) is 1. The van der Waals surface area contributed by atoms with E-state index in [1.165, 1.54) is 0 Å². The fourth-order valence-corrected chi connectivity index (χ4v) is 2.49. The summed E-state index contributed by atoms with van der Waals surface area (Å²) < 4.78 is 5.38. The van der Waals surface area contributed by atoms with Gasteiger partial charge in [0, 0.05) is 5.02 Å². The molecule has 4 nitrogen and oxygen atoms in total. The summed E-state index contributed by atoms with van der Waals surface area (Å²) in [5.74, 6) is 0.196. The summed E-state index contributed by atoms with van der Waals surface area (Å²) in [6, 6.07) is 14.5. The molecule has 126 valence electrons. The van der Waals surface area contributed by atoms with E-state index in [4.69, 9.17) is 27.9 Å². The van der Waals surface area contributed by atoms with E-state index in [0.717, 1.165) is 11.3 Å². The molecule has 2 aromatic carbocycles. The fraction of sp³-hybridized carbons (Fsp3) is 0.222.